The molecule has 2 aromatic rings. The second-order valence-electron chi connectivity index (χ2n) is 6.35. The summed E-state index contributed by atoms with van der Waals surface area (Å²) in [6.45, 7) is -0.293. The fourth-order valence-electron chi connectivity index (χ4n) is 2.34. The zero-order chi connectivity index (χ0) is 25.5. The molecule has 16 heteroatoms. The number of nitrogen functional groups attached to an aromatic ring is 2. The highest BCUT2D eigenvalue weighted by Gasteiger charge is 2.43. The lowest BCUT2D eigenvalue weighted by Gasteiger charge is -2.19. The van der Waals surface area contributed by atoms with E-state index in [-0.39, 0.29) is 35.4 Å². The van der Waals surface area contributed by atoms with Gasteiger partial charge in [0.15, 0.2) is 28.4 Å². The molecule has 182 valence electrons. The first kappa shape index (κ1) is 26.1. The molecule has 1 heterocycles. The summed E-state index contributed by atoms with van der Waals surface area (Å²) in [7, 11) is 0. The van der Waals surface area contributed by atoms with Crippen molar-refractivity contribution in [3.05, 3.63) is 46.7 Å². The molecule has 0 saturated carbocycles. The number of hydrogen-bond donors (Lipinski definition) is 5. The Labute approximate surface area is 194 Å². The zero-order valence-corrected chi connectivity index (χ0v) is 17.9. The van der Waals surface area contributed by atoms with Crippen LogP contribution < -0.4 is 27.8 Å². The molecule has 2 rings (SSSR count). The number of aliphatic imine (C=N–C) groups is 1. The molecule has 34 heavy (non-hydrogen) atoms. The van der Waals surface area contributed by atoms with Crippen molar-refractivity contribution in [2.45, 2.75) is 12.3 Å². The first-order valence-electron chi connectivity index (χ1n) is 9.21. The number of ether oxygens (including phenoxy) is 1. The summed E-state index contributed by atoms with van der Waals surface area (Å²) in [6.07, 6.45) is -7.13. The van der Waals surface area contributed by atoms with E-state index in [0.717, 1.165) is 0 Å². The predicted octanol–water partition coefficient (Wildman–Crippen LogP) is 0.302. The standard InChI is InChI=1S/C18H18ClF3N8O4/c19-11-13(24)29-12(23)9(28-11)14(31)30-17(25)27-7-6-26-15(32)10(8-4-2-1-3-5-8)34-16(33)18(20,21)22/h1-5,10H,6-7H2,(H,26,32)(H4,23,24,29)(H3,25,27,30,31). The number of anilines is 2. The fourth-order valence-corrected chi connectivity index (χ4v) is 2.47. The van der Waals surface area contributed by atoms with Crippen LogP contribution in [0, 0.1) is 0 Å². The summed E-state index contributed by atoms with van der Waals surface area (Å²) >= 11 is 5.69. The van der Waals surface area contributed by atoms with Crippen molar-refractivity contribution >= 4 is 47.0 Å². The van der Waals surface area contributed by atoms with Crippen molar-refractivity contribution in [1.82, 2.24) is 20.6 Å². The van der Waals surface area contributed by atoms with E-state index in [0.29, 0.717) is 0 Å². The van der Waals surface area contributed by atoms with Crippen LogP contribution in [0.2, 0.25) is 5.15 Å². The van der Waals surface area contributed by atoms with Gasteiger partial charge in [0.1, 0.15) is 0 Å². The van der Waals surface area contributed by atoms with Gasteiger partial charge in [-0.15, -0.1) is 0 Å². The first-order chi connectivity index (χ1) is 15.9. The van der Waals surface area contributed by atoms with Crippen molar-refractivity contribution < 1.29 is 32.3 Å². The summed E-state index contributed by atoms with van der Waals surface area (Å²) in [4.78, 5) is 46.5. The van der Waals surface area contributed by atoms with E-state index in [9.17, 15) is 27.6 Å². The highest BCUT2D eigenvalue weighted by molar-refractivity contribution is 6.31. The number of guanidine groups is 1. The fraction of sp³-hybridized carbons (Fsp3) is 0.222. The van der Waals surface area contributed by atoms with Gasteiger partial charge in [-0.05, 0) is 0 Å². The molecular formula is C18H18ClF3N8O4. The lowest BCUT2D eigenvalue weighted by atomic mass is 10.1. The number of esters is 1. The van der Waals surface area contributed by atoms with Gasteiger partial charge in [-0.3, -0.25) is 9.59 Å². The SMILES string of the molecule is NC(=NC(=O)c1nc(Cl)c(N)nc1N)NCCNC(=O)C(OC(=O)C(F)(F)F)c1ccccc1. The molecule has 1 unspecified atom stereocenters. The van der Waals surface area contributed by atoms with E-state index >= 15 is 0 Å². The highest BCUT2D eigenvalue weighted by Crippen LogP contribution is 2.24. The Kier molecular flexibility index (Phi) is 8.55. The maximum atomic E-state index is 12.6. The van der Waals surface area contributed by atoms with Gasteiger partial charge in [-0.25, -0.2) is 14.8 Å². The predicted molar refractivity (Wildman–Crippen MR) is 114 cm³/mol. The Morgan fingerprint density at radius 3 is 2.29 bits per heavy atom. The number of halogens is 4. The molecule has 12 nitrogen and oxygen atoms in total. The minimum Gasteiger partial charge on any atom is -0.441 e. The van der Waals surface area contributed by atoms with Crippen molar-refractivity contribution in [2.24, 2.45) is 10.7 Å². The minimum absolute atomic E-state index is 0.0260. The Morgan fingerprint density at radius 2 is 1.68 bits per heavy atom. The number of nitrogens with zero attached hydrogens (tertiary/aromatic N) is 3. The molecule has 0 spiro atoms. The number of amides is 2. The Balaban J connectivity index is 1.96. The lowest BCUT2D eigenvalue weighted by molar-refractivity contribution is -0.205. The maximum absolute atomic E-state index is 12.6. The quantitative estimate of drug-likeness (QED) is 0.152. The van der Waals surface area contributed by atoms with Gasteiger partial charge in [0.05, 0.1) is 0 Å². The summed E-state index contributed by atoms with van der Waals surface area (Å²) in [5, 5.41) is 4.51. The number of aromatic nitrogens is 2. The topological polar surface area (TPSA) is 201 Å². The third kappa shape index (κ3) is 7.19. The van der Waals surface area contributed by atoms with Gasteiger partial charge >= 0.3 is 18.1 Å². The van der Waals surface area contributed by atoms with Crippen LogP contribution in [0.25, 0.3) is 0 Å². The molecule has 1 atom stereocenters. The Bertz CT molecular complexity index is 1100. The average molecular weight is 503 g/mol. The van der Waals surface area contributed by atoms with Gasteiger partial charge in [0, 0.05) is 18.7 Å². The molecule has 0 aliphatic carbocycles. The maximum Gasteiger partial charge on any atom is 0.490 e. The lowest BCUT2D eigenvalue weighted by Crippen LogP contribution is -2.41. The van der Waals surface area contributed by atoms with Crippen LogP contribution in [0.15, 0.2) is 35.3 Å². The molecule has 0 fully saturated rings. The van der Waals surface area contributed by atoms with Crippen molar-refractivity contribution in [2.75, 3.05) is 24.6 Å². The van der Waals surface area contributed by atoms with Crippen molar-refractivity contribution in [1.29, 1.82) is 0 Å². The third-order valence-corrected chi connectivity index (χ3v) is 4.13. The minimum atomic E-state index is -5.28. The van der Waals surface area contributed by atoms with E-state index in [1.54, 1.807) is 6.07 Å². The zero-order valence-electron chi connectivity index (χ0n) is 17.1. The molecule has 0 saturated heterocycles. The number of carbonyl (C=O) groups is 3. The normalized spacial score (nSPS) is 12.5. The number of nitrogens with one attached hydrogen (secondary N) is 2. The molecule has 0 aliphatic heterocycles. The van der Waals surface area contributed by atoms with Crippen LogP contribution in [0.4, 0.5) is 24.8 Å². The second kappa shape index (κ2) is 11.1. The number of alkyl halides is 3. The van der Waals surface area contributed by atoms with Crippen LogP contribution in [0.3, 0.4) is 0 Å². The number of hydrogen-bond acceptors (Lipinski definition) is 8. The highest BCUT2D eigenvalue weighted by atomic mass is 35.5. The molecule has 2 amide bonds. The van der Waals surface area contributed by atoms with Gasteiger partial charge in [-0.2, -0.15) is 18.2 Å². The molecule has 0 aliphatic rings. The molecule has 0 radical (unpaired) electrons. The van der Waals surface area contributed by atoms with Crippen LogP contribution in [-0.4, -0.2) is 53.0 Å². The van der Waals surface area contributed by atoms with E-state index < -0.39 is 41.7 Å². The van der Waals surface area contributed by atoms with E-state index in [1.165, 1.54) is 24.3 Å². The number of rotatable bonds is 7. The molecule has 0 bridgehead atoms. The van der Waals surface area contributed by atoms with Crippen LogP contribution in [-0.2, 0) is 14.3 Å². The van der Waals surface area contributed by atoms with E-state index in [1.807, 2.05) is 0 Å². The monoisotopic (exact) mass is 502 g/mol. The van der Waals surface area contributed by atoms with Crippen LogP contribution in [0.1, 0.15) is 22.2 Å². The van der Waals surface area contributed by atoms with Gasteiger partial charge in [0.2, 0.25) is 6.10 Å². The number of carbonyl (C=O) groups excluding carboxylic acids is 3. The Morgan fingerprint density at radius 1 is 1.06 bits per heavy atom. The Hall–Kier alpha value is -4.14. The smallest absolute Gasteiger partial charge is 0.441 e. The van der Waals surface area contributed by atoms with Gasteiger partial charge in [-0.1, -0.05) is 41.9 Å². The summed E-state index contributed by atoms with van der Waals surface area (Å²) in [6, 6.07) is 7.12. The molecule has 1 aromatic heterocycles. The number of nitrogens with two attached hydrogens (primary N) is 3. The van der Waals surface area contributed by atoms with E-state index in [4.69, 9.17) is 28.8 Å². The van der Waals surface area contributed by atoms with Crippen LogP contribution >= 0.6 is 11.6 Å². The first-order valence-corrected chi connectivity index (χ1v) is 9.59. The number of benzene rings is 1. The summed E-state index contributed by atoms with van der Waals surface area (Å²) < 4.78 is 42.1. The second-order valence-corrected chi connectivity index (χ2v) is 6.71. The average Bonchev–Trinajstić information content (AvgIpc) is 2.77. The van der Waals surface area contributed by atoms with Gasteiger partial charge in [0.25, 0.3) is 5.91 Å². The third-order valence-electron chi connectivity index (χ3n) is 3.86. The molecular weight excluding hydrogens is 485 g/mol. The summed E-state index contributed by atoms with van der Waals surface area (Å²) in [5.74, 6) is -5.42. The van der Waals surface area contributed by atoms with Crippen molar-refractivity contribution in [3.8, 4) is 0 Å². The largest absolute Gasteiger partial charge is 0.490 e. The van der Waals surface area contributed by atoms with Crippen LogP contribution in [0.5, 0.6) is 0 Å². The van der Waals surface area contributed by atoms with E-state index in [2.05, 4.69) is 30.3 Å². The van der Waals surface area contributed by atoms with Gasteiger partial charge < -0.3 is 32.6 Å². The summed E-state index contributed by atoms with van der Waals surface area (Å²) in [5.41, 5.74) is 16.2. The molecule has 1 aromatic carbocycles. The molecule has 8 N–H and O–H groups in total. The van der Waals surface area contributed by atoms with Crippen molar-refractivity contribution in [3.63, 3.8) is 0 Å².